The zero-order chi connectivity index (χ0) is 19.9. The van der Waals surface area contributed by atoms with Crippen molar-refractivity contribution < 1.29 is 0 Å². The highest BCUT2D eigenvalue weighted by Gasteiger charge is 2.37. The summed E-state index contributed by atoms with van der Waals surface area (Å²) in [5, 5.41) is 17.4. The Labute approximate surface area is 165 Å². The Morgan fingerprint density at radius 1 is 1.14 bits per heavy atom. The van der Waals surface area contributed by atoms with Gasteiger partial charge in [-0.1, -0.05) is 6.07 Å². The summed E-state index contributed by atoms with van der Waals surface area (Å²) in [4.78, 5) is 12.5. The number of rotatable bonds is 3. The van der Waals surface area contributed by atoms with Gasteiger partial charge in [0.05, 0.1) is 17.3 Å². The fourth-order valence-corrected chi connectivity index (χ4v) is 4.59. The van der Waals surface area contributed by atoms with Gasteiger partial charge in [-0.15, -0.1) is 0 Å². The van der Waals surface area contributed by atoms with Gasteiger partial charge >= 0.3 is 0 Å². The predicted molar refractivity (Wildman–Crippen MR) is 112 cm³/mol. The van der Waals surface area contributed by atoms with Crippen molar-refractivity contribution in [1.82, 2.24) is 20.3 Å². The maximum Gasteiger partial charge on any atom is 0.223 e. The van der Waals surface area contributed by atoms with Gasteiger partial charge in [0.2, 0.25) is 5.95 Å². The van der Waals surface area contributed by atoms with Gasteiger partial charge in [0.15, 0.2) is 0 Å². The third-order valence-corrected chi connectivity index (χ3v) is 5.27. The second-order valence-electron chi connectivity index (χ2n) is 8.98. The molecule has 0 aliphatic carbocycles. The highest BCUT2D eigenvalue weighted by atomic mass is 15.1. The van der Waals surface area contributed by atoms with Crippen LogP contribution >= 0.6 is 0 Å². The molecule has 0 saturated carbocycles. The molecular formula is C22H26N6. The first-order valence-electron chi connectivity index (χ1n) is 9.65. The Morgan fingerprint density at radius 2 is 1.89 bits per heavy atom. The maximum atomic E-state index is 9.09. The number of H-pyrrole nitrogens is 1. The zero-order valence-corrected chi connectivity index (χ0v) is 16.8. The molecule has 1 aliphatic rings. The second-order valence-corrected chi connectivity index (χ2v) is 8.98. The van der Waals surface area contributed by atoms with Gasteiger partial charge in [0.1, 0.15) is 0 Å². The van der Waals surface area contributed by atoms with Crippen LogP contribution in [0.1, 0.15) is 46.1 Å². The Morgan fingerprint density at radius 3 is 2.61 bits per heavy atom. The zero-order valence-electron chi connectivity index (χ0n) is 16.8. The van der Waals surface area contributed by atoms with Crippen LogP contribution < -0.4 is 10.6 Å². The molecule has 4 rings (SSSR count). The third-order valence-electron chi connectivity index (χ3n) is 5.27. The molecule has 0 amide bonds. The summed E-state index contributed by atoms with van der Waals surface area (Å²) in [6.45, 7) is 8.95. The molecule has 3 N–H and O–H groups in total. The first kappa shape index (κ1) is 18.5. The van der Waals surface area contributed by atoms with E-state index in [1.165, 1.54) is 0 Å². The minimum atomic E-state index is 0.0618. The Hall–Kier alpha value is -2.91. The van der Waals surface area contributed by atoms with Gasteiger partial charge in [-0.3, -0.25) is 0 Å². The van der Waals surface area contributed by atoms with Crippen molar-refractivity contribution in [3.63, 3.8) is 0 Å². The smallest absolute Gasteiger partial charge is 0.223 e. The first-order chi connectivity index (χ1) is 13.2. The Bertz CT molecular complexity index is 1040. The van der Waals surface area contributed by atoms with Crippen LogP contribution in [0.4, 0.5) is 5.95 Å². The number of nitriles is 1. The molecule has 28 heavy (non-hydrogen) atoms. The molecule has 6 nitrogen and oxygen atoms in total. The van der Waals surface area contributed by atoms with E-state index >= 15 is 0 Å². The minimum absolute atomic E-state index is 0.0618. The largest absolute Gasteiger partial charge is 0.360 e. The molecule has 1 fully saturated rings. The molecule has 0 atom stereocenters. The number of aromatic nitrogens is 3. The first-order valence-corrected chi connectivity index (χ1v) is 9.65. The van der Waals surface area contributed by atoms with Crippen LogP contribution in [0.25, 0.3) is 22.2 Å². The normalized spacial score (nSPS) is 18.7. The molecular weight excluding hydrogens is 348 g/mol. The quantitative estimate of drug-likeness (QED) is 0.639. The summed E-state index contributed by atoms with van der Waals surface area (Å²) in [6, 6.07) is 10.1. The molecule has 0 spiro atoms. The van der Waals surface area contributed by atoms with Gasteiger partial charge < -0.3 is 15.6 Å². The van der Waals surface area contributed by atoms with Crippen molar-refractivity contribution in [1.29, 1.82) is 5.26 Å². The minimum Gasteiger partial charge on any atom is -0.360 e. The van der Waals surface area contributed by atoms with Crippen molar-refractivity contribution in [2.24, 2.45) is 0 Å². The monoisotopic (exact) mass is 374 g/mol. The number of piperidine rings is 1. The van der Waals surface area contributed by atoms with Crippen molar-refractivity contribution in [2.45, 2.75) is 57.7 Å². The molecule has 0 radical (unpaired) electrons. The number of hydrogen-bond donors (Lipinski definition) is 3. The van der Waals surface area contributed by atoms with Crippen LogP contribution in [0.3, 0.4) is 0 Å². The summed E-state index contributed by atoms with van der Waals surface area (Å²) in [7, 11) is 0. The topological polar surface area (TPSA) is 89.4 Å². The summed E-state index contributed by atoms with van der Waals surface area (Å²) >= 11 is 0. The fourth-order valence-electron chi connectivity index (χ4n) is 4.59. The predicted octanol–water partition coefficient (Wildman–Crippen LogP) is 4.22. The SMILES string of the molecule is CC1(C)CC(Nc2nccc(-c3c[nH]c4cc(C#N)ccc34)n2)CC(C)(C)N1. The number of anilines is 1. The van der Waals surface area contributed by atoms with Crippen molar-refractivity contribution >= 4 is 16.9 Å². The van der Waals surface area contributed by atoms with Gasteiger partial charge in [-0.2, -0.15) is 5.26 Å². The Kier molecular flexibility index (Phi) is 4.35. The number of nitrogens with one attached hydrogen (secondary N) is 3. The van der Waals surface area contributed by atoms with E-state index in [1.807, 2.05) is 30.5 Å². The number of benzene rings is 1. The lowest BCUT2D eigenvalue weighted by Crippen LogP contribution is -2.60. The van der Waals surface area contributed by atoms with Crippen molar-refractivity contribution in [3.05, 3.63) is 42.2 Å². The van der Waals surface area contributed by atoms with E-state index in [2.05, 4.69) is 54.4 Å². The number of aromatic amines is 1. The highest BCUT2D eigenvalue weighted by molar-refractivity contribution is 5.95. The fraction of sp³-hybridized carbons (Fsp3) is 0.409. The molecule has 2 aromatic heterocycles. The van der Waals surface area contributed by atoms with Gasteiger partial charge in [-0.25, -0.2) is 9.97 Å². The van der Waals surface area contributed by atoms with Crippen molar-refractivity contribution in [3.8, 4) is 17.3 Å². The van der Waals surface area contributed by atoms with Crippen LogP contribution in [0, 0.1) is 11.3 Å². The second kappa shape index (κ2) is 6.61. The maximum absolute atomic E-state index is 9.09. The summed E-state index contributed by atoms with van der Waals surface area (Å²) in [5.74, 6) is 0.652. The van der Waals surface area contributed by atoms with E-state index in [0.29, 0.717) is 17.6 Å². The standard InChI is InChI=1S/C22H26N6/c1-21(2)10-15(11-22(3,4)28-21)26-20-24-8-7-18(27-20)17-13-25-19-9-14(12-23)5-6-16(17)19/h5-9,13,15,25,28H,10-11H2,1-4H3,(H,24,26,27). The van der Waals surface area contributed by atoms with Gasteiger partial charge in [0.25, 0.3) is 0 Å². The molecule has 6 heteroatoms. The van der Waals surface area contributed by atoms with E-state index in [1.54, 1.807) is 6.20 Å². The highest BCUT2D eigenvalue weighted by Crippen LogP contribution is 2.31. The van der Waals surface area contributed by atoms with Crippen LogP contribution in [0.15, 0.2) is 36.7 Å². The average Bonchev–Trinajstić information content (AvgIpc) is 3.02. The molecule has 3 aromatic rings. The van der Waals surface area contributed by atoms with Crippen LogP contribution in [-0.4, -0.2) is 32.1 Å². The van der Waals surface area contributed by atoms with E-state index < -0.39 is 0 Å². The summed E-state index contributed by atoms with van der Waals surface area (Å²) in [5.41, 5.74) is 3.57. The van der Waals surface area contributed by atoms with Gasteiger partial charge in [0, 0.05) is 46.0 Å². The molecule has 3 heterocycles. The Balaban J connectivity index is 1.61. The number of fused-ring (bicyclic) bond motifs is 1. The lowest BCUT2D eigenvalue weighted by molar-refractivity contribution is 0.170. The average molecular weight is 374 g/mol. The summed E-state index contributed by atoms with van der Waals surface area (Å²) in [6.07, 6.45) is 5.75. The molecule has 0 bridgehead atoms. The number of nitrogens with zero attached hydrogens (tertiary/aromatic N) is 3. The lowest BCUT2D eigenvalue weighted by Gasteiger charge is -2.46. The molecule has 1 aromatic carbocycles. The molecule has 1 saturated heterocycles. The van der Waals surface area contributed by atoms with Crippen LogP contribution in [-0.2, 0) is 0 Å². The van der Waals surface area contributed by atoms with E-state index in [9.17, 15) is 0 Å². The van der Waals surface area contributed by atoms with E-state index in [0.717, 1.165) is 35.0 Å². The molecule has 144 valence electrons. The van der Waals surface area contributed by atoms with Crippen LogP contribution in [0.2, 0.25) is 0 Å². The molecule has 0 unspecified atom stereocenters. The molecule has 1 aliphatic heterocycles. The number of hydrogen-bond acceptors (Lipinski definition) is 5. The summed E-state index contributed by atoms with van der Waals surface area (Å²) < 4.78 is 0. The van der Waals surface area contributed by atoms with Crippen LogP contribution in [0.5, 0.6) is 0 Å². The van der Waals surface area contributed by atoms with Gasteiger partial charge in [-0.05, 0) is 58.7 Å². The van der Waals surface area contributed by atoms with E-state index in [4.69, 9.17) is 10.2 Å². The van der Waals surface area contributed by atoms with Crippen molar-refractivity contribution in [2.75, 3.05) is 5.32 Å². The third kappa shape index (κ3) is 3.71. The lowest BCUT2D eigenvalue weighted by atomic mass is 9.80. The van der Waals surface area contributed by atoms with E-state index in [-0.39, 0.29) is 11.1 Å².